The van der Waals surface area contributed by atoms with Crippen molar-refractivity contribution in [3.05, 3.63) is 24.3 Å². The van der Waals surface area contributed by atoms with Gasteiger partial charge in [0, 0.05) is 6.08 Å². The summed E-state index contributed by atoms with van der Waals surface area (Å²) in [7, 11) is 0. The van der Waals surface area contributed by atoms with Gasteiger partial charge in [-0.15, -0.1) is 0 Å². The van der Waals surface area contributed by atoms with Crippen molar-refractivity contribution in [1.29, 1.82) is 0 Å². The molecular formula is C18H32O2. The first kappa shape index (κ1) is 18.9. The summed E-state index contributed by atoms with van der Waals surface area (Å²) in [5.41, 5.74) is 0. The Balaban J connectivity index is 3.04. The zero-order chi connectivity index (χ0) is 14.9. The Morgan fingerprint density at radius 2 is 1.15 bits per heavy atom. The highest BCUT2D eigenvalue weighted by Gasteiger charge is 1.93. The van der Waals surface area contributed by atoms with Gasteiger partial charge in [-0.25, -0.2) is 4.79 Å². The van der Waals surface area contributed by atoms with Gasteiger partial charge in [-0.1, -0.05) is 69.6 Å². The van der Waals surface area contributed by atoms with Gasteiger partial charge in [-0.2, -0.15) is 0 Å². The van der Waals surface area contributed by atoms with E-state index in [4.69, 9.17) is 5.11 Å². The van der Waals surface area contributed by atoms with Crippen molar-refractivity contribution >= 4 is 5.97 Å². The van der Waals surface area contributed by atoms with E-state index in [1.165, 1.54) is 70.3 Å². The number of aliphatic carboxylic acids is 1. The fraction of sp³-hybridized carbons (Fsp3) is 0.722. The molecule has 0 heterocycles. The van der Waals surface area contributed by atoms with Gasteiger partial charge in [0.15, 0.2) is 0 Å². The highest BCUT2D eigenvalue weighted by molar-refractivity contribution is 5.79. The average molecular weight is 280 g/mol. The molecule has 0 amide bonds. The quantitative estimate of drug-likeness (QED) is 0.245. The van der Waals surface area contributed by atoms with Crippen LogP contribution in [0.15, 0.2) is 24.3 Å². The number of hydrogen-bond acceptors (Lipinski definition) is 1. The van der Waals surface area contributed by atoms with Gasteiger partial charge in [0.2, 0.25) is 0 Å². The Morgan fingerprint density at radius 3 is 1.55 bits per heavy atom. The van der Waals surface area contributed by atoms with Crippen molar-refractivity contribution < 1.29 is 9.90 Å². The Labute approximate surface area is 125 Å². The van der Waals surface area contributed by atoms with Gasteiger partial charge in [-0.05, 0) is 32.6 Å². The Kier molecular flexibility index (Phi) is 15.2. The van der Waals surface area contributed by atoms with E-state index in [0.717, 1.165) is 12.8 Å². The van der Waals surface area contributed by atoms with Crippen LogP contribution >= 0.6 is 0 Å². The molecule has 20 heavy (non-hydrogen) atoms. The third-order valence-electron chi connectivity index (χ3n) is 3.49. The normalized spacial score (nSPS) is 11.7. The molecule has 0 aromatic heterocycles. The van der Waals surface area contributed by atoms with Crippen LogP contribution < -0.4 is 0 Å². The van der Waals surface area contributed by atoms with Crippen molar-refractivity contribution in [2.45, 2.75) is 84.0 Å². The van der Waals surface area contributed by atoms with Crippen LogP contribution in [-0.4, -0.2) is 11.1 Å². The highest BCUT2D eigenvalue weighted by Crippen LogP contribution is 2.12. The summed E-state index contributed by atoms with van der Waals surface area (Å²) in [6.07, 6.45) is 22.7. The van der Waals surface area contributed by atoms with Crippen LogP contribution in [-0.2, 0) is 4.79 Å². The van der Waals surface area contributed by atoms with Crippen molar-refractivity contribution in [2.75, 3.05) is 0 Å². The zero-order valence-electron chi connectivity index (χ0n) is 13.2. The van der Waals surface area contributed by atoms with Crippen molar-refractivity contribution in [2.24, 2.45) is 0 Å². The number of carbonyl (C=O) groups is 1. The maximum absolute atomic E-state index is 10.2. The van der Waals surface area contributed by atoms with E-state index in [1.807, 2.05) is 0 Å². The minimum absolute atomic E-state index is 0.837. The van der Waals surface area contributed by atoms with Gasteiger partial charge >= 0.3 is 5.97 Å². The summed E-state index contributed by atoms with van der Waals surface area (Å²) >= 11 is 0. The SMILES string of the molecule is CC=CCCCCCCCCCCCCC=CC(=O)O. The number of allylic oxidation sites excluding steroid dienone is 3. The third kappa shape index (κ3) is 16.9. The molecule has 0 rings (SSSR count). The summed E-state index contributed by atoms with van der Waals surface area (Å²) in [6.45, 7) is 2.09. The lowest BCUT2D eigenvalue weighted by molar-refractivity contribution is -0.131. The summed E-state index contributed by atoms with van der Waals surface area (Å²) in [4.78, 5) is 10.2. The fourth-order valence-corrected chi connectivity index (χ4v) is 2.29. The topological polar surface area (TPSA) is 37.3 Å². The Hall–Kier alpha value is -1.05. The van der Waals surface area contributed by atoms with Crippen LogP contribution in [0, 0.1) is 0 Å². The molecule has 0 bridgehead atoms. The monoisotopic (exact) mass is 280 g/mol. The molecular weight excluding hydrogens is 248 g/mol. The first-order chi connectivity index (χ1) is 9.77. The molecule has 116 valence electrons. The minimum Gasteiger partial charge on any atom is -0.478 e. The van der Waals surface area contributed by atoms with Gasteiger partial charge in [0.25, 0.3) is 0 Å². The Morgan fingerprint density at radius 1 is 0.750 bits per heavy atom. The van der Waals surface area contributed by atoms with Crippen molar-refractivity contribution in [1.82, 2.24) is 0 Å². The number of carboxylic acid groups (broad SMARTS) is 1. The lowest BCUT2D eigenvalue weighted by Crippen LogP contribution is -1.85. The van der Waals surface area contributed by atoms with Crippen molar-refractivity contribution in [3.8, 4) is 0 Å². The molecule has 0 saturated carbocycles. The molecule has 0 aliphatic carbocycles. The largest absolute Gasteiger partial charge is 0.478 e. The lowest BCUT2D eigenvalue weighted by Gasteiger charge is -2.01. The average Bonchev–Trinajstić information content (AvgIpc) is 2.43. The second-order valence-corrected chi connectivity index (χ2v) is 5.42. The molecule has 0 atom stereocenters. The first-order valence-corrected chi connectivity index (χ1v) is 8.28. The van der Waals surface area contributed by atoms with Crippen molar-refractivity contribution in [3.63, 3.8) is 0 Å². The van der Waals surface area contributed by atoms with E-state index in [-0.39, 0.29) is 0 Å². The summed E-state index contributed by atoms with van der Waals surface area (Å²) in [5, 5.41) is 8.43. The van der Waals surface area contributed by atoms with Crippen LogP contribution in [0.4, 0.5) is 0 Å². The molecule has 2 nitrogen and oxygen atoms in total. The molecule has 2 heteroatoms. The van der Waals surface area contributed by atoms with Gasteiger partial charge < -0.3 is 5.11 Å². The summed E-state index contributed by atoms with van der Waals surface area (Å²) < 4.78 is 0. The predicted molar refractivity (Wildman–Crippen MR) is 87.0 cm³/mol. The van der Waals surface area contributed by atoms with Gasteiger partial charge in [-0.3, -0.25) is 0 Å². The van der Waals surface area contributed by atoms with E-state index >= 15 is 0 Å². The van der Waals surface area contributed by atoms with E-state index in [0.29, 0.717) is 0 Å². The van der Waals surface area contributed by atoms with E-state index in [9.17, 15) is 4.79 Å². The molecule has 0 aromatic rings. The standard InChI is InChI=1S/C18H32O2/c1-2-3-4-5-6-7-8-9-10-11-12-13-14-15-16-17-18(19)20/h2-3,16-17H,4-15H2,1H3,(H,19,20). The molecule has 0 unspecified atom stereocenters. The summed E-state index contributed by atoms with van der Waals surface area (Å²) in [5.74, 6) is -0.837. The van der Waals surface area contributed by atoms with Crippen LogP contribution in [0.3, 0.4) is 0 Å². The molecule has 0 saturated heterocycles. The second kappa shape index (κ2) is 16.0. The summed E-state index contributed by atoms with van der Waals surface area (Å²) in [6, 6.07) is 0. The highest BCUT2D eigenvalue weighted by atomic mass is 16.4. The molecule has 0 aliphatic rings. The molecule has 0 spiro atoms. The molecule has 1 N–H and O–H groups in total. The van der Waals surface area contributed by atoms with Crippen LogP contribution in [0.1, 0.15) is 84.0 Å². The lowest BCUT2D eigenvalue weighted by atomic mass is 10.1. The number of carboxylic acids is 1. The molecule has 0 fully saturated rings. The van der Waals surface area contributed by atoms with Crippen LogP contribution in [0.2, 0.25) is 0 Å². The number of unbranched alkanes of at least 4 members (excludes halogenated alkanes) is 11. The van der Waals surface area contributed by atoms with Crippen LogP contribution in [0.25, 0.3) is 0 Å². The second-order valence-electron chi connectivity index (χ2n) is 5.42. The maximum atomic E-state index is 10.2. The number of hydrogen-bond donors (Lipinski definition) is 1. The number of rotatable bonds is 14. The van der Waals surface area contributed by atoms with Crippen LogP contribution in [0.5, 0.6) is 0 Å². The predicted octanol–water partition coefficient (Wildman–Crippen LogP) is 5.88. The van der Waals surface area contributed by atoms with E-state index in [1.54, 1.807) is 6.08 Å². The first-order valence-electron chi connectivity index (χ1n) is 8.28. The molecule has 0 aliphatic heterocycles. The van der Waals surface area contributed by atoms with E-state index in [2.05, 4.69) is 19.1 Å². The van der Waals surface area contributed by atoms with E-state index < -0.39 is 5.97 Å². The minimum atomic E-state index is -0.837. The smallest absolute Gasteiger partial charge is 0.327 e. The Bertz CT molecular complexity index is 267. The fourth-order valence-electron chi connectivity index (χ4n) is 2.29. The molecule has 0 aromatic carbocycles. The maximum Gasteiger partial charge on any atom is 0.327 e. The van der Waals surface area contributed by atoms with Gasteiger partial charge in [0.05, 0.1) is 0 Å². The zero-order valence-corrected chi connectivity index (χ0v) is 13.2. The molecule has 0 radical (unpaired) electrons. The van der Waals surface area contributed by atoms with Gasteiger partial charge in [0.1, 0.15) is 0 Å². The third-order valence-corrected chi connectivity index (χ3v) is 3.49.